The number of nitro benzene ring substituents is 1. The molecule has 2 atom stereocenters. The highest BCUT2D eigenvalue weighted by molar-refractivity contribution is 6.06. The molecule has 0 radical (unpaired) electrons. The summed E-state index contributed by atoms with van der Waals surface area (Å²) >= 11 is 0. The minimum absolute atomic E-state index is 0.116. The van der Waals surface area contributed by atoms with Crippen molar-refractivity contribution in [2.45, 2.75) is 76.4 Å². The second-order valence-electron chi connectivity index (χ2n) is 9.82. The highest BCUT2D eigenvalue weighted by Crippen LogP contribution is 2.41. The topological polar surface area (TPSA) is 94.3 Å². The summed E-state index contributed by atoms with van der Waals surface area (Å²) in [5, 5.41) is 15.5. The Kier molecular flexibility index (Phi) is 8.41. The van der Waals surface area contributed by atoms with Crippen LogP contribution >= 0.6 is 0 Å². The number of rotatable bonds is 11. The Morgan fingerprint density at radius 3 is 2.65 bits per heavy atom. The number of amides is 1. The Bertz CT molecular complexity index is 1150. The van der Waals surface area contributed by atoms with Gasteiger partial charge in [0, 0.05) is 31.0 Å². The number of nitro groups is 1. The predicted molar refractivity (Wildman–Crippen MR) is 138 cm³/mol. The summed E-state index contributed by atoms with van der Waals surface area (Å²) in [6, 6.07) is 10.8. The van der Waals surface area contributed by atoms with Crippen molar-refractivity contribution in [3.8, 4) is 5.75 Å². The van der Waals surface area contributed by atoms with Crippen LogP contribution in [0.5, 0.6) is 5.75 Å². The zero-order valence-corrected chi connectivity index (χ0v) is 21.5. The molecule has 0 aromatic heterocycles. The number of halogens is 1. The monoisotopic (exact) mass is 511 g/mol. The number of likely N-dealkylation sites (tertiary alicyclic amines) is 1. The number of hydrogen-bond acceptors (Lipinski definition) is 6. The van der Waals surface area contributed by atoms with Crippen molar-refractivity contribution in [1.82, 2.24) is 4.90 Å². The van der Waals surface area contributed by atoms with Gasteiger partial charge in [-0.05, 0) is 42.7 Å². The van der Waals surface area contributed by atoms with Gasteiger partial charge in [-0.2, -0.15) is 0 Å². The Balaban J connectivity index is 1.54. The number of nitrogens with zero attached hydrogens (tertiary/aromatic N) is 3. The number of ether oxygens (including phenoxy) is 1. The van der Waals surface area contributed by atoms with E-state index in [0.717, 1.165) is 44.1 Å². The first-order chi connectivity index (χ1) is 17.9. The Hall–Kier alpha value is -3.49. The summed E-state index contributed by atoms with van der Waals surface area (Å²) in [6.45, 7) is 2.78. The van der Waals surface area contributed by atoms with Gasteiger partial charge in [-0.3, -0.25) is 14.9 Å². The average molecular weight is 512 g/mol. The van der Waals surface area contributed by atoms with Gasteiger partial charge >= 0.3 is 5.69 Å². The normalized spacial score (nSPS) is 20.0. The maximum Gasteiger partial charge on any atom is 0.310 e. The average Bonchev–Trinajstić information content (AvgIpc) is 3.33. The first-order valence-corrected chi connectivity index (χ1v) is 13.0. The van der Waals surface area contributed by atoms with E-state index in [2.05, 4.69) is 12.1 Å². The van der Waals surface area contributed by atoms with Gasteiger partial charge in [0.25, 0.3) is 5.91 Å². The quantitative estimate of drug-likeness (QED) is 0.200. The molecule has 4 rings (SSSR count). The zero-order chi connectivity index (χ0) is 26.4. The summed E-state index contributed by atoms with van der Waals surface area (Å²) in [6.07, 6.45) is 7.93. The van der Waals surface area contributed by atoms with E-state index < -0.39 is 10.5 Å². The molecular weight excluding hydrogens is 477 g/mol. The number of piperidine rings is 1. The zero-order valence-electron chi connectivity index (χ0n) is 21.5. The highest BCUT2D eigenvalue weighted by Gasteiger charge is 2.52. The summed E-state index contributed by atoms with van der Waals surface area (Å²) < 4.78 is 18.9. The van der Waals surface area contributed by atoms with Gasteiger partial charge in [0.15, 0.2) is 5.75 Å². The van der Waals surface area contributed by atoms with Crippen molar-refractivity contribution in [2.24, 2.45) is 5.16 Å². The minimum atomic E-state index is -1.11. The molecule has 1 fully saturated rings. The van der Waals surface area contributed by atoms with Gasteiger partial charge in [-0.1, -0.05) is 56.3 Å². The molecule has 2 heterocycles. The van der Waals surface area contributed by atoms with E-state index in [1.807, 2.05) is 4.90 Å². The Morgan fingerprint density at radius 2 is 1.95 bits per heavy atom. The molecule has 0 N–H and O–H groups in total. The summed E-state index contributed by atoms with van der Waals surface area (Å²) in [4.78, 5) is 32.5. The molecule has 1 spiro atoms. The maximum atomic E-state index is 13.9. The molecular formula is C28H34FN3O5. The van der Waals surface area contributed by atoms with Gasteiger partial charge < -0.3 is 14.5 Å². The molecule has 2 aromatic carbocycles. The molecule has 8 nitrogen and oxygen atoms in total. The smallest absolute Gasteiger partial charge is 0.310 e. The van der Waals surface area contributed by atoms with Crippen molar-refractivity contribution in [3.63, 3.8) is 0 Å². The van der Waals surface area contributed by atoms with Crippen LogP contribution in [0.3, 0.4) is 0 Å². The molecule has 0 aliphatic carbocycles. The van der Waals surface area contributed by atoms with Crippen LogP contribution in [0.25, 0.3) is 0 Å². The van der Waals surface area contributed by atoms with Crippen LogP contribution in [0, 0.1) is 15.9 Å². The number of methoxy groups -OCH3 is 1. The van der Waals surface area contributed by atoms with E-state index in [1.165, 1.54) is 31.7 Å². The summed E-state index contributed by atoms with van der Waals surface area (Å²) in [5.41, 5.74) is 0.850. The van der Waals surface area contributed by atoms with Crippen molar-refractivity contribution in [3.05, 3.63) is 69.5 Å². The van der Waals surface area contributed by atoms with Crippen molar-refractivity contribution >= 4 is 17.3 Å². The number of oxime groups is 1. The van der Waals surface area contributed by atoms with Gasteiger partial charge in [0.05, 0.1) is 23.8 Å². The summed E-state index contributed by atoms with van der Waals surface area (Å²) in [7, 11) is 1.38. The van der Waals surface area contributed by atoms with Crippen LogP contribution in [-0.4, -0.2) is 40.7 Å². The number of carbonyl (C=O) groups excluding carboxylic acids is 1. The van der Waals surface area contributed by atoms with Crippen LogP contribution in [0.1, 0.15) is 81.9 Å². The van der Waals surface area contributed by atoms with E-state index in [-0.39, 0.29) is 35.6 Å². The number of hydrogen-bond donors (Lipinski definition) is 0. The Labute approximate surface area is 216 Å². The third-order valence-corrected chi connectivity index (χ3v) is 7.34. The maximum absolute atomic E-state index is 13.9. The van der Waals surface area contributed by atoms with Crippen LogP contribution in [-0.2, 0) is 9.63 Å². The second-order valence-corrected chi connectivity index (χ2v) is 9.82. The lowest BCUT2D eigenvalue weighted by Gasteiger charge is -2.41. The third kappa shape index (κ3) is 5.76. The molecule has 0 saturated carbocycles. The van der Waals surface area contributed by atoms with Crippen LogP contribution in [0.4, 0.5) is 10.1 Å². The van der Waals surface area contributed by atoms with Crippen LogP contribution in [0.15, 0.2) is 47.6 Å². The molecule has 1 saturated heterocycles. The summed E-state index contributed by atoms with van der Waals surface area (Å²) in [5.74, 6) is -0.293. The molecule has 198 valence electrons. The molecule has 2 aliphatic rings. The van der Waals surface area contributed by atoms with Gasteiger partial charge in [0.1, 0.15) is 5.82 Å². The lowest BCUT2D eigenvalue weighted by molar-refractivity contribution is -0.385. The number of unbranched alkanes of at least 4 members (excludes halogenated alkanes) is 4. The molecule has 1 amide bonds. The predicted octanol–water partition coefficient (Wildman–Crippen LogP) is 6.33. The minimum Gasteiger partial charge on any atom is -0.490 e. The van der Waals surface area contributed by atoms with Crippen LogP contribution < -0.4 is 4.74 Å². The van der Waals surface area contributed by atoms with E-state index >= 15 is 0 Å². The lowest BCUT2D eigenvalue weighted by atomic mass is 9.84. The van der Waals surface area contributed by atoms with Crippen molar-refractivity contribution in [1.29, 1.82) is 0 Å². The number of carbonyl (C=O) groups is 1. The van der Waals surface area contributed by atoms with E-state index in [4.69, 9.17) is 9.57 Å². The van der Waals surface area contributed by atoms with Gasteiger partial charge in [-0.25, -0.2) is 4.39 Å². The largest absolute Gasteiger partial charge is 0.490 e. The molecule has 2 aromatic rings. The van der Waals surface area contributed by atoms with Crippen molar-refractivity contribution < 1.29 is 23.7 Å². The molecule has 2 aliphatic heterocycles. The standard InChI is InChI=1S/C28H34FN3O5/c1-3-4-5-6-7-9-24(20-10-13-22(29)14-11-20)31-17-8-16-28(27(31)33)19-23(30-37-28)21-12-15-25(32(34)35)26(18-21)36-2/h10-15,18,24H,3-9,16-17,19H2,1-2H3. The van der Waals surface area contributed by atoms with Crippen molar-refractivity contribution in [2.75, 3.05) is 13.7 Å². The SMILES string of the molecule is CCCCCCCC(c1ccc(F)cc1)N1CCCC2(CC(c3ccc([N+](=O)[O-])c(OC)c3)=NO2)C1=O. The molecule has 2 unspecified atom stereocenters. The number of benzene rings is 2. The molecule has 0 bridgehead atoms. The Morgan fingerprint density at radius 1 is 1.19 bits per heavy atom. The third-order valence-electron chi connectivity index (χ3n) is 7.34. The fourth-order valence-electron chi connectivity index (χ4n) is 5.32. The molecule has 9 heteroatoms. The van der Waals surface area contributed by atoms with E-state index in [1.54, 1.807) is 24.3 Å². The van der Waals surface area contributed by atoms with E-state index in [0.29, 0.717) is 24.2 Å². The highest BCUT2D eigenvalue weighted by atomic mass is 19.1. The fourth-order valence-corrected chi connectivity index (χ4v) is 5.32. The lowest BCUT2D eigenvalue weighted by Crippen LogP contribution is -2.54. The first kappa shape index (κ1) is 26.6. The van der Waals surface area contributed by atoms with Crippen LogP contribution in [0.2, 0.25) is 0 Å². The van der Waals surface area contributed by atoms with Gasteiger partial charge in [-0.15, -0.1) is 0 Å². The molecule has 37 heavy (non-hydrogen) atoms. The first-order valence-electron chi connectivity index (χ1n) is 13.0. The second kappa shape index (κ2) is 11.7. The fraction of sp³-hybridized carbons (Fsp3) is 0.500. The van der Waals surface area contributed by atoms with E-state index in [9.17, 15) is 19.3 Å². The van der Waals surface area contributed by atoms with Gasteiger partial charge in [0.2, 0.25) is 5.60 Å².